The van der Waals surface area contributed by atoms with Crippen molar-refractivity contribution in [3.8, 4) is 0 Å². The molecule has 2 aliphatic carbocycles. The number of ether oxygens (including phenoxy) is 1. The van der Waals surface area contributed by atoms with E-state index >= 15 is 0 Å². The Morgan fingerprint density at radius 2 is 2.13 bits per heavy atom. The van der Waals surface area contributed by atoms with Crippen molar-refractivity contribution in [3.05, 3.63) is 11.8 Å². The fourth-order valence-electron chi connectivity index (χ4n) is 2.59. The molecule has 0 amide bonds. The second-order valence-corrected chi connectivity index (χ2v) is 4.72. The van der Waals surface area contributed by atoms with E-state index in [2.05, 4.69) is 0 Å². The standard InChI is InChI=1S/C13H20O2/c1-2-15-9-12-8-11(6-7-13(12)14)10-4-3-5-10/h9-11H,2-8H2,1H3/b12-9+. The fourth-order valence-corrected chi connectivity index (χ4v) is 2.59. The van der Waals surface area contributed by atoms with Crippen molar-refractivity contribution in [1.29, 1.82) is 0 Å². The van der Waals surface area contributed by atoms with E-state index in [9.17, 15) is 4.79 Å². The largest absolute Gasteiger partial charge is 0.501 e. The van der Waals surface area contributed by atoms with Gasteiger partial charge in [-0.05, 0) is 31.6 Å². The first-order valence-electron chi connectivity index (χ1n) is 6.15. The van der Waals surface area contributed by atoms with Gasteiger partial charge in [-0.25, -0.2) is 0 Å². The monoisotopic (exact) mass is 208 g/mol. The minimum absolute atomic E-state index is 0.305. The summed E-state index contributed by atoms with van der Waals surface area (Å²) in [7, 11) is 0. The van der Waals surface area contributed by atoms with Gasteiger partial charge in [0.15, 0.2) is 5.78 Å². The van der Waals surface area contributed by atoms with Crippen LogP contribution in [0.15, 0.2) is 11.8 Å². The molecule has 2 nitrogen and oxygen atoms in total. The summed E-state index contributed by atoms with van der Waals surface area (Å²) < 4.78 is 5.24. The topological polar surface area (TPSA) is 26.3 Å². The van der Waals surface area contributed by atoms with Gasteiger partial charge in [-0.15, -0.1) is 0 Å². The molecule has 0 bridgehead atoms. The number of rotatable bonds is 3. The second kappa shape index (κ2) is 4.82. The first-order chi connectivity index (χ1) is 7.31. The lowest BCUT2D eigenvalue weighted by molar-refractivity contribution is -0.117. The summed E-state index contributed by atoms with van der Waals surface area (Å²) in [6.07, 6.45) is 8.64. The predicted molar refractivity (Wildman–Crippen MR) is 59.4 cm³/mol. The average Bonchev–Trinajstić information content (AvgIpc) is 2.16. The third kappa shape index (κ3) is 2.42. The van der Waals surface area contributed by atoms with Gasteiger partial charge in [-0.1, -0.05) is 19.3 Å². The molecule has 2 saturated carbocycles. The molecule has 2 heteroatoms. The van der Waals surface area contributed by atoms with Crippen molar-refractivity contribution in [2.75, 3.05) is 6.61 Å². The molecule has 15 heavy (non-hydrogen) atoms. The summed E-state index contributed by atoms with van der Waals surface area (Å²) in [6, 6.07) is 0. The van der Waals surface area contributed by atoms with Crippen LogP contribution in [0.2, 0.25) is 0 Å². The Morgan fingerprint density at radius 1 is 1.33 bits per heavy atom. The van der Waals surface area contributed by atoms with E-state index in [0.717, 1.165) is 36.7 Å². The van der Waals surface area contributed by atoms with Crippen LogP contribution in [-0.2, 0) is 9.53 Å². The molecule has 84 valence electrons. The molecule has 0 spiro atoms. The SMILES string of the molecule is CCO/C=C1\CC(C2CCC2)CCC1=O. The van der Waals surface area contributed by atoms with Crippen molar-refractivity contribution < 1.29 is 9.53 Å². The van der Waals surface area contributed by atoms with Crippen LogP contribution in [0.5, 0.6) is 0 Å². The van der Waals surface area contributed by atoms with Gasteiger partial charge in [-0.3, -0.25) is 4.79 Å². The van der Waals surface area contributed by atoms with Crippen LogP contribution >= 0.6 is 0 Å². The number of carbonyl (C=O) groups excluding carboxylic acids is 1. The summed E-state index contributed by atoms with van der Waals surface area (Å²) in [5.74, 6) is 1.95. The van der Waals surface area contributed by atoms with E-state index in [1.54, 1.807) is 6.26 Å². The highest BCUT2D eigenvalue weighted by atomic mass is 16.5. The van der Waals surface area contributed by atoms with E-state index < -0.39 is 0 Å². The van der Waals surface area contributed by atoms with Gasteiger partial charge in [0, 0.05) is 12.0 Å². The number of hydrogen-bond acceptors (Lipinski definition) is 2. The van der Waals surface area contributed by atoms with Gasteiger partial charge in [0.05, 0.1) is 12.9 Å². The van der Waals surface area contributed by atoms with Crippen LogP contribution in [0.4, 0.5) is 0 Å². The Bertz CT molecular complexity index is 264. The zero-order valence-corrected chi connectivity index (χ0v) is 9.50. The second-order valence-electron chi connectivity index (χ2n) is 4.72. The number of hydrogen-bond donors (Lipinski definition) is 0. The molecule has 0 radical (unpaired) electrons. The smallest absolute Gasteiger partial charge is 0.161 e. The number of ketones is 1. The van der Waals surface area contributed by atoms with Gasteiger partial charge < -0.3 is 4.74 Å². The van der Waals surface area contributed by atoms with Crippen LogP contribution < -0.4 is 0 Å². The van der Waals surface area contributed by atoms with Crippen molar-refractivity contribution in [1.82, 2.24) is 0 Å². The molecule has 0 saturated heterocycles. The summed E-state index contributed by atoms with van der Waals surface area (Å²) >= 11 is 0. The molecule has 0 aromatic rings. The third-order valence-electron chi connectivity index (χ3n) is 3.79. The molecule has 2 fully saturated rings. The first-order valence-corrected chi connectivity index (χ1v) is 6.15. The molecule has 0 aromatic heterocycles. The Kier molecular flexibility index (Phi) is 3.45. The Balaban J connectivity index is 1.94. The van der Waals surface area contributed by atoms with Crippen LogP contribution in [0.1, 0.15) is 45.4 Å². The van der Waals surface area contributed by atoms with Gasteiger partial charge in [0.2, 0.25) is 0 Å². The number of Topliss-reactive ketones (excluding diaryl/α,β-unsaturated/α-hetero) is 1. The summed E-state index contributed by atoms with van der Waals surface area (Å²) in [4.78, 5) is 11.6. The van der Waals surface area contributed by atoms with Crippen molar-refractivity contribution >= 4 is 5.78 Å². The lowest BCUT2D eigenvalue weighted by atomic mass is 9.69. The van der Waals surface area contributed by atoms with Crippen LogP contribution in [0.25, 0.3) is 0 Å². The average molecular weight is 208 g/mol. The quantitative estimate of drug-likeness (QED) is 0.526. The van der Waals surface area contributed by atoms with Gasteiger partial charge >= 0.3 is 0 Å². The van der Waals surface area contributed by atoms with E-state index in [1.165, 1.54) is 19.3 Å². The minimum Gasteiger partial charge on any atom is -0.501 e. The Labute approximate surface area is 91.7 Å². The third-order valence-corrected chi connectivity index (χ3v) is 3.79. The molecular weight excluding hydrogens is 188 g/mol. The van der Waals surface area contributed by atoms with Crippen molar-refractivity contribution in [2.24, 2.45) is 11.8 Å². The Hall–Kier alpha value is -0.790. The summed E-state index contributed by atoms with van der Waals surface area (Å²) in [5.41, 5.74) is 0.931. The zero-order chi connectivity index (χ0) is 10.7. The molecule has 2 rings (SSSR count). The predicted octanol–water partition coefficient (Wildman–Crippen LogP) is 3.08. The summed E-state index contributed by atoms with van der Waals surface area (Å²) in [6.45, 7) is 2.61. The molecular formula is C13H20O2. The lowest BCUT2D eigenvalue weighted by Crippen LogP contribution is -2.27. The zero-order valence-electron chi connectivity index (χ0n) is 9.50. The number of carbonyl (C=O) groups is 1. The summed E-state index contributed by atoms with van der Waals surface area (Å²) in [5, 5.41) is 0. The van der Waals surface area contributed by atoms with E-state index in [-0.39, 0.29) is 0 Å². The van der Waals surface area contributed by atoms with Crippen molar-refractivity contribution in [3.63, 3.8) is 0 Å². The lowest BCUT2D eigenvalue weighted by Gasteiger charge is -2.36. The van der Waals surface area contributed by atoms with E-state index in [1.807, 2.05) is 6.92 Å². The highest BCUT2D eigenvalue weighted by Gasteiger charge is 2.32. The number of allylic oxidation sites excluding steroid dienone is 1. The van der Waals surface area contributed by atoms with Gasteiger partial charge in [0.25, 0.3) is 0 Å². The molecule has 1 unspecified atom stereocenters. The highest BCUT2D eigenvalue weighted by molar-refractivity contribution is 5.95. The van der Waals surface area contributed by atoms with Gasteiger partial charge in [-0.2, -0.15) is 0 Å². The maximum atomic E-state index is 11.6. The molecule has 1 atom stereocenters. The molecule has 0 aromatic carbocycles. The molecule has 2 aliphatic rings. The van der Waals surface area contributed by atoms with E-state index in [4.69, 9.17) is 4.74 Å². The van der Waals surface area contributed by atoms with Crippen LogP contribution in [0.3, 0.4) is 0 Å². The Morgan fingerprint density at radius 3 is 2.73 bits per heavy atom. The normalized spacial score (nSPS) is 30.3. The molecule has 0 aliphatic heterocycles. The molecule has 0 heterocycles. The van der Waals surface area contributed by atoms with Crippen LogP contribution in [-0.4, -0.2) is 12.4 Å². The highest BCUT2D eigenvalue weighted by Crippen LogP contribution is 2.41. The van der Waals surface area contributed by atoms with Gasteiger partial charge in [0.1, 0.15) is 0 Å². The van der Waals surface area contributed by atoms with Crippen molar-refractivity contribution in [2.45, 2.75) is 45.4 Å². The van der Waals surface area contributed by atoms with E-state index in [0.29, 0.717) is 12.4 Å². The molecule has 0 N–H and O–H groups in total. The first kappa shape index (κ1) is 10.7. The van der Waals surface area contributed by atoms with Crippen LogP contribution in [0, 0.1) is 11.8 Å². The maximum absolute atomic E-state index is 11.6. The fraction of sp³-hybridized carbons (Fsp3) is 0.769. The minimum atomic E-state index is 0.305. The maximum Gasteiger partial charge on any atom is 0.161 e.